The zero-order valence-electron chi connectivity index (χ0n) is 14.5. The number of hydrogen-bond donors (Lipinski definition) is 5. The fraction of sp³-hybridized carbons (Fsp3) is 0.312. The van der Waals surface area contributed by atoms with Crippen LogP contribution in [-0.4, -0.2) is 71.0 Å². The van der Waals surface area contributed by atoms with Crippen molar-refractivity contribution in [1.29, 1.82) is 0 Å². The van der Waals surface area contributed by atoms with Crippen LogP contribution in [0.15, 0.2) is 36.0 Å². The molecule has 28 heavy (non-hydrogen) atoms. The molecule has 146 valence electrons. The fourth-order valence-corrected chi connectivity index (χ4v) is 2.96. The lowest BCUT2D eigenvalue weighted by Gasteiger charge is -2.18. The number of nitrogen functional groups attached to an aromatic ring is 1. The minimum absolute atomic E-state index is 0.134. The number of nitrogens with one attached hydrogen (secondary N) is 1. The predicted molar refractivity (Wildman–Crippen MR) is 98.2 cm³/mol. The van der Waals surface area contributed by atoms with E-state index >= 15 is 0 Å². The Bertz CT molecular complexity index is 995. The van der Waals surface area contributed by atoms with E-state index in [4.69, 9.17) is 10.5 Å². The molecule has 0 aliphatic carbocycles. The lowest BCUT2D eigenvalue weighted by atomic mass is 10.1. The molecule has 3 aromatic rings. The maximum Gasteiger partial charge on any atom is 0.228 e. The van der Waals surface area contributed by atoms with Gasteiger partial charge in [-0.25, -0.2) is 20.4 Å². The molecule has 0 unspecified atom stereocenters. The molecular formula is C16H18N8O4. The number of imidazole rings is 1. The standard InChI is InChI=1S/C16H18N8O4/c17-13-10-14(20-7-19-13)24(15-12(27)11(26)9(6-25)28-15)16(22-10)23-21-5-8-2-1-3-18-4-8/h1-5,7,9,11-12,15,25-27H,6H2,(H,22,23)(H2,17,19,20)/b21-5-/t9-,11-,12-,15-/m1/s1. The lowest BCUT2D eigenvalue weighted by molar-refractivity contribution is -0.0501. The van der Waals surface area contributed by atoms with Gasteiger partial charge in [-0.05, 0) is 6.07 Å². The normalized spacial score (nSPS) is 25.0. The van der Waals surface area contributed by atoms with E-state index in [9.17, 15) is 15.3 Å². The van der Waals surface area contributed by atoms with E-state index in [1.807, 2.05) is 6.07 Å². The van der Waals surface area contributed by atoms with Crippen molar-refractivity contribution in [3.8, 4) is 0 Å². The van der Waals surface area contributed by atoms with Crippen molar-refractivity contribution in [2.24, 2.45) is 5.10 Å². The van der Waals surface area contributed by atoms with Gasteiger partial charge in [0.25, 0.3) is 0 Å². The number of nitrogens with two attached hydrogens (primary N) is 1. The summed E-state index contributed by atoms with van der Waals surface area (Å²) in [7, 11) is 0. The van der Waals surface area contributed by atoms with Gasteiger partial charge in [0.15, 0.2) is 23.2 Å². The highest BCUT2D eigenvalue weighted by Crippen LogP contribution is 2.35. The van der Waals surface area contributed by atoms with Crippen LogP contribution in [0.25, 0.3) is 11.2 Å². The average Bonchev–Trinajstić information content (AvgIpc) is 3.21. The van der Waals surface area contributed by atoms with Gasteiger partial charge in [0.05, 0.1) is 12.8 Å². The van der Waals surface area contributed by atoms with Gasteiger partial charge in [0.2, 0.25) is 5.95 Å². The van der Waals surface area contributed by atoms with Crippen LogP contribution in [0.4, 0.5) is 11.8 Å². The van der Waals surface area contributed by atoms with Gasteiger partial charge in [0, 0.05) is 18.0 Å². The fourth-order valence-electron chi connectivity index (χ4n) is 2.96. The molecule has 0 aromatic carbocycles. The van der Waals surface area contributed by atoms with Crippen LogP contribution in [0.5, 0.6) is 0 Å². The Balaban J connectivity index is 1.73. The Labute approximate surface area is 158 Å². The number of anilines is 2. The summed E-state index contributed by atoms with van der Waals surface area (Å²) >= 11 is 0. The summed E-state index contributed by atoms with van der Waals surface area (Å²) in [5, 5.41) is 34.0. The van der Waals surface area contributed by atoms with Crippen LogP contribution in [-0.2, 0) is 4.74 Å². The van der Waals surface area contributed by atoms with Gasteiger partial charge in [-0.15, -0.1) is 0 Å². The summed E-state index contributed by atoms with van der Waals surface area (Å²) in [6.07, 6.45) is 1.43. The Morgan fingerprint density at radius 2 is 2.18 bits per heavy atom. The molecule has 0 spiro atoms. The van der Waals surface area contributed by atoms with Crippen molar-refractivity contribution in [2.45, 2.75) is 24.5 Å². The highest BCUT2D eigenvalue weighted by Gasteiger charge is 2.45. The molecular weight excluding hydrogens is 368 g/mol. The van der Waals surface area contributed by atoms with Gasteiger partial charge < -0.3 is 25.8 Å². The van der Waals surface area contributed by atoms with Crippen LogP contribution < -0.4 is 11.2 Å². The van der Waals surface area contributed by atoms with Crippen LogP contribution in [0.3, 0.4) is 0 Å². The molecule has 12 nitrogen and oxygen atoms in total. The van der Waals surface area contributed by atoms with E-state index < -0.39 is 31.1 Å². The zero-order chi connectivity index (χ0) is 19.7. The van der Waals surface area contributed by atoms with Gasteiger partial charge in [-0.2, -0.15) is 5.10 Å². The minimum atomic E-state index is -1.33. The smallest absolute Gasteiger partial charge is 0.228 e. The molecule has 4 atom stereocenters. The van der Waals surface area contributed by atoms with Crippen molar-refractivity contribution in [1.82, 2.24) is 24.5 Å². The molecule has 1 aliphatic heterocycles. The zero-order valence-corrected chi connectivity index (χ0v) is 14.5. The first-order valence-corrected chi connectivity index (χ1v) is 8.40. The molecule has 0 bridgehead atoms. The molecule has 0 saturated carbocycles. The Morgan fingerprint density at radius 3 is 2.89 bits per heavy atom. The molecule has 3 aromatic heterocycles. The monoisotopic (exact) mass is 386 g/mol. The van der Waals surface area contributed by atoms with Gasteiger partial charge >= 0.3 is 0 Å². The first kappa shape index (κ1) is 18.2. The van der Waals surface area contributed by atoms with E-state index in [-0.39, 0.29) is 22.9 Å². The van der Waals surface area contributed by atoms with Crippen molar-refractivity contribution in [3.05, 3.63) is 36.4 Å². The topological polar surface area (TPSA) is 177 Å². The summed E-state index contributed by atoms with van der Waals surface area (Å²) in [5.41, 5.74) is 9.95. The molecule has 4 rings (SSSR count). The minimum Gasteiger partial charge on any atom is -0.394 e. The van der Waals surface area contributed by atoms with Gasteiger partial charge in [0.1, 0.15) is 24.6 Å². The molecule has 1 saturated heterocycles. The third kappa shape index (κ3) is 3.14. The largest absolute Gasteiger partial charge is 0.394 e. The number of hydrazone groups is 1. The predicted octanol–water partition coefficient (Wildman–Crippen LogP) is -1.14. The lowest BCUT2D eigenvalue weighted by Crippen LogP contribution is -2.33. The summed E-state index contributed by atoms with van der Waals surface area (Å²) in [6.45, 7) is -0.458. The first-order valence-electron chi connectivity index (χ1n) is 8.40. The second-order valence-corrected chi connectivity index (χ2v) is 6.12. The summed E-state index contributed by atoms with van der Waals surface area (Å²) < 4.78 is 7.02. The molecule has 12 heteroatoms. The van der Waals surface area contributed by atoms with E-state index in [0.717, 1.165) is 5.56 Å². The van der Waals surface area contributed by atoms with Gasteiger partial charge in [-0.1, -0.05) is 6.07 Å². The third-order valence-corrected chi connectivity index (χ3v) is 4.34. The summed E-state index contributed by atoms with van der Waals surface area (Å²) in [4.78, 5) is 16.4. The highest BCUT2D eigenvalue weighted by atomic mass is 16.6. The maximum absolute atomic E-state index is 10.4. The van der Waals surface area contributed by atoms with Crippen LogP contribution in [0.2, 0.25) is 0 Å². The Morgan fingerprint density at radius 1 is 1.32 bits per heavy atom. The van der Waals surface area contributed by atoms with Gasteiger partial charge in [-0.3, -0.25) is 9.55 Å². The number of rotatable bonds is 5. The molecule has 4 heterocycles. The number of hydrogen-bond acceptors (Lipinski definition) is 11. The van der Waals surface area contributed by atoms with Crippen molar-refractivity contribution in [3.63, 3.8) is 0 Å². The number of aliphatic hydroxyl groups excluding tert-OH is 3. The molecule has 1 aliphatic rings. The van der Waals surface area contributed by atoms with Crippen molar-refractivity contribution in [2.75, 3.05) is 17.8 Å². The van der Waals surface area contributed by atoms with E-state index in [0.29, 0.717) is 0 Å². The summed E-state index contributed by atoms with van der Waals surface area (Å²) in [6, 6.07) is 3.59. The molecule has 6 N–H and O–H groups in total. The van der Waals surface area contributed by atoms with Crippen molar-refractivity contribution >= 4 is 29.1 Å². The quantitative estimate of drug-likeness (QED) is 0.266. The number of aliphatic hydroxyl groups is 3. The Hall–Kier alpha value is -3.19. The van der Waals surface area contributed by atoms with Crippen LogP contribution in [0, 0.1) is 0 Å². The molecule has 1 fully saturated rings. The third-order valence-electron chi connectivity index (χ3n) is 4.34. The number of aromatic nitrogens is 5. The average molecular weight is 386 g/mol. The van der Waals surface area contributed by atoms with Crippen LogP contribution >= 0.6 is 0 Å². The number of fused-ring (bicyclic) bond motifs is 1. The maximum atomic E-state index is 10.4. The first-order chi connectivity index (χ1) is 13.6. The second-order valence-electron chi connectivity index (χ2n) is 6.12. The molecule has 0 radical (unpaired) electrons. The van der Waals surface area contributed by atoms with Crippen LogP contribution in [0.1, 0.15) is 11.8 Å². The van der Waals surface area contributed by atoms with E-state index in [1.165, 1.54) is 17.1 Å². The number of nitrogens with zero attached hydrogens (tertiary/aromatic N) is 6. The van der Waals surface area contributed by atoms with E-state index in [1.54, 1.807) is 18.5 Å². The number of pyridine rings is 1. The Kier molecular flexibility index (Phi) is 4.83. The number of ether oxygens (including phenoxy) is 1. The van der Waals surface area contributed by atoms with E-state index in [2.05, 4.69) is 30.5 Å². The SMILES string of the molecule is Nc1ncnc2c1nc(N/N=C\c1cccnc1)n2[C@@H]1O[C@H](CO)[C@@H](O)[C@H]1O. The second kappa shape index (κ2) is 7.44. The van der Waals surface area contributed by atoms with Crippen molar-refractivity contribution < 1.29 is 20.1 Å². The molecule has 0 amide bonds. The highest BCUT2D eigenvalue weighted by molar-refractivity contribution is 5.84. The summed E-state index contributed by atoms with van der Waals surface area (Å²) in [5.74, 6) is 0.298.